The second-order valence-corrected chi connectivity index (χ2v) is 7.72. The van der Waals surface area contributed by atoms with Gasteiger partial charge in [-0.2, -0.15) is 0 Å². The summed E-state index contributed by atoms with van der Waals surface area (Å²) < 4.78 is 27.6. The van der Waals surface area contributed by atoms with Crippen LogP contribution in [0, 0.1) is 11.6 Å². The predicted molar refractivity (Wildman–Crippen MR) is 107 cm³/mol. The Labute approximate surface area is 168 Å². The fraction of sp³-hybridized carbons (Fsp3) is 0.350. The minimum absolute atomic E-state index is 0. The Bertz CT molecular complexity index is 763. The minimum atomic E-state index is -0.641. The zero-order valence-corrected chi connectivity index (χ0v) is 16.6. The van der Waals surface area contributed by atoms with Crippen LogP contribution in [0.2, 0.25) is 0 Å². The van der Waals surface area contributed by atoms with Gasteiger partial charge in [-0.05, 0) is 50.1 Å². The summed E-state index contributed by atoms with van der Waals surface area (Å²) in [5.41, 5.74) is 0.764. The Balaban J connectivity index is 0.00000261. The van der Waals surface area contributed by atoms with Crippen LogP contribution in [0.3, 0.4) is 0 Å². The Morgan fingerprint density at radius 2 is 1.96 bits per heavy atom. The van der Waals surface area contributed by atoms with Crippen molar-refractivity contribution in [2.75, 3.05) is 6.54 Å². The molecule has 2 aromatic rings. The van der Waals surface area contributed by atoms with Crippen LogP contribution in [0.1, 0.15) is 30.6 Å². The SMILES string of the molecule is CC1CC(NC(=O)C(Sc2cc(F)ccc2F)c2ccccc2)CCN1.Cl. The third kappa shape index (κ3) is 5.92. The van der Waals surface area contributed by atoms with E-state index in [4.69, 9.17) is 0 Å². The van der Waals surface area contributed by atoms with Gasteiger partial charge in [-0.25, -0.2) is 8.78 Å². The minimum Gasteiger partial charge on any atom is -0.352 e. The van der Waals surface area contributed by atoms with Crippen molar-refractivity contribution in [1.29, 1.82) is 0 Å². The average Bonchev–Trinajstić information content (AvgIpc) is 2.63. The summed E-state index contributed by atoms with van der Waals surface area (Å²) in [5.74, 6) is -1.22. The molecule has 3 unspecified atom stereocenters. The summed E-state index contributed by atoms with van der Waals surface area (Å²) in [7, 11) is 0. The van der Waals surface area contributed by atoms with Gasteiger partial charge in [0.1, 0.15) is 16.9 Å². The zero-order valence-electron chi connectivity index (χ0n) is 15.0. The number of hydrogen-bond donors (Lipinski definition) is 2. The summed E-state index contributed by atoms with van der Waals surface area (Å²) >= 11 is 1.04. The lowest BCUT2D eigenvalue weighted by Crippen LogP contribution is -2.47. The normalized spacial score (nSPS) is 20.4. The number of carbonyl (C=O) groups is 1. The highest BCUT2D eigenvalue weighted by molar-refractivity contribution is 8.00. The molecule has 1 aliphatic heterocycles. The van der Waals surface area contributed by atoms with Crippen LogP contribution in [-0.4, -0.2) is 24.5 Å². The molecule has 146 valence electrons. The number of halogens is 3. The maximum absolute atomic E-state index is 14.1. The maximum atomic E-state index is 14.1. The van der Waals surface area contributed by atoms with Crippen molar-refractivity contribution in [2.24, 2.45) is 0 Å². The van der Waals surface area contributed by atoms with E-state index in [-0.39, 0.29) is 29.3 Å². The lowest BCUT2D eigenvalue weighted by molar-refractivity contribution is -0.121. The van der Waals surface area contributed by atoms with E-state index in [9.17, 15) is 13.6 Å². The number of carbonyl (C=O) groups excluding carboxylic acids is 1. The number of nitrogens with one attached hydrogen (secondary N) is 2. The van der Waals surface area contributed by atoms with Gasteiger partial charge in [0.05, 0.1) is 0 Å². The highest BCUT2D eigenvalue weighted by Gasteiger charge is 2.27. The fourth-order valence-corrected chi connectivity index (χ4v) is 4.22. The standard InChI is InChI=1S/C20H22F2N2OS.ClH/c1-13-11-16(9-10-23-13)24-20(25)19(14-5-3-2-4-6-14)26-18-12-15(21)7-8-17(18)22;/h2-8,12-13,16,19,23H,9-11H2,1H3,(H,24,25);1H. The summed E-state index contributed by atoms with van der Waals surface area (Å²) in [6, 6.07) is 12.9. The number of benzene rings is 2. The third-order valence-corrected chi connectivity index (χ3v) is 5.74. The lowest BCUT2D eigenvalue weighted by atomic mass is 10.00. The highest BCUT2D eigenvalue weighted by Crippen LogP contribution is 2.37. The van der Waals surface area contributed by atoms with Crippen LogP contribution in [0.25, 0.3) is 0 Å². The van der Waals surface area contributed by atoms with Crippen LogP contribution < -0.4 is 10.6 Å². The second-order valence-electron chi connectivity index (χ2n) is 6.57. The van der Waals surface area contributed by atoms with E-state index < -0.39 is 16.9 Å². The summed E-state index contributed by atoms with van der Waals surface area (Å²) in [5, 5.41) is 5.80. The molecular weight excluding hydrogens is 390 g/mol. The monoisotopic (exact) mass is 412 g/mol. The molecule has 1 saturated heterocycles. The van der Waals surface area contributed by atoms with Gasteiger partial charge in [0.2, 0.25) is 5.91 Å². The first-order valence-corrected chi connectivity index (χ1v) is 9.61. The molecule has 0 saturated carbocycles. The van der Waals surface area contributed by atoms with Crippen molar-refractivity contribution < 1.29 is 13.6 Å². The van der Waals surface area contributed by atoms with Crippen molar-refractivity contribution in [1.82, 2.24) is 10.6 Å². The Hall–Kier alpha value is -1.63. The first kappa shape index (κ1) is 21.7. The Morgan fingerprint density at radius 1 is 1.22 bits per heavy atom. The molecule has 3 atom stereocenters. The molecule has 27 heavy (non-hydrogen) atoms. The first-order chi connectivity index (χ1) is 12.5. The molecule has 2 N–H and O–H groups in total. The molecule has 0 spiro atoms. The van der Waals surface area contributed by atoms with Crippen LogP contribution in [-0.2, 0) is 4.79 Å². The molecule has 1 aliphatic rings. The smallest absolute Gasteiger partial charge is 0.238 e. The van der Waals surface area contributed by atoms with Crippen LogP contribution in [0.5, 0.6) is 0 Å². The van der Waals surface area contributed by atoms with Gasteiger partial charge in [-0.1, -0.05) is 30.3 Å². The highest BCUT2D eigenvalue weighted by atomic mass is 35.5. The topological polar surface area (TPSA) is 41.1 Å². The fourth-order valence-electron chi connectivity index (χ4n) is 3.14. The van der Waals surface area contributed by atoms with E-state index in [1.54, 1.807) is 0 Å². The van der Waals surface area contributed by atoms with Gasteiger partial charge in [-0.15, -0.1) is 24.2 Å². The van der Waals surface area contributed by atoms with Crippen molar-refractivity contribution in [3.63, 3.8) is 0 Å². The second kappa shape index (κ2) is 10.1. The molecule has 0 radical (unpaired) electrons. The third-order valence-electron chi connectivity index (χ3n) is 4.45. The van der Waals surface area contributed by atoms with Gasteiger partial charge in [0.25, 0.3) is 0 Å². The Kier molecular flexibility index (Phi) is 8.07. The van der Waals surface area contributed by atoms with Gasteiger partial charge in [0, 0.05) is 17.0 Å². The summed E-state index contributed by atoms with van der Waals surface area (Å²) in [4.78, 5) is 13.1. The Morgan fingerprint density at radius 3 is 2.67 bits per heavy atom. The molecule has 3 rings (SSSR count). The van der Waals surface area contributed by atoms with E-state index in [0.29, 0.717) is 6.04 Å². The average molecular weight is 413 g/mol. The van der Waals surface area contributed by atoms with E-state index >= 15 is 0 Å². The quantitative estimate of drug-likeness (QED) is 0.711. The molecule has 1 amide bonds. The van der Waals surface area contributed by atoms with E-state index in [1.807, 2.05) is 30.3 Å². The van der Waals surface area contributed by atoms with Crippen molar-refractivity contribution >= 4 is 30.1 Å². The number of thioether (sulfide) groups is 1. The lowest BCUT2D eigenvalue weighted by Gasteiger charge is -2.30. The number of hydrogen-bond acceptors (Lipinski definition) is 3. The van der Waals surface area contributed by atoms with Crippen LogP contribution in [0.15, 0.2) is 53.4 Å². The molecule has 1 heterocycles. The van der Waals surface area contributed by atoms with Gasteiger partial charge in [-0.3, -0.25) is 4.79 Å². The number of piperidine rings is 1. The van der Waals surface area contributed by atoms with Crippen LogP contribution >= 0.6 is 24.2 Å². The van der Waals surface area contributed by atoms with Gasteiger partial charge in [0.15, 0.2) is 0 Å². The molecular formula is C20H23ClF2N2OS. The van der Waals surface area contributed by atoms with Crippen molar-refractivity contribution in [3.05, 3.63) is 65.7 Å². The van der Waals surface area contributed by atoms with Gasteiger partial charge < -0.3 is 10.6 Å². The molecule has 0 aromatic heterocycles. The van der Waals surface area contributed by atoms with Crippen molar-refractivity contribution in [2.45, 2.75) is 42.0 Å². The number of amides is 1. The van der Waals surface area contributed by atoms with Crippen LogP contribution in [0.4, 0.5) is 8.78 Å². The summed E-state index contributed by atoms with van der Waals surface area (Å²) in [6.45, 7) is 2.94. The van der Waals surface area contributed by atoms with Gasteiger partial charge >= 0.3 is 0 Å². The largest absolute Gasteiger partial charge is 0.352 e. The van der Waals surface area contributed by atoms with Crippen molar-refractivity contribution in [3.8, 4) is 0 Å². The molecule has 1 fully saturated rings. The molecule has 0 bridgehead atoms. The molecule has 3 nitrogen and oxygen atoms in total. The molecule has 2 aromatic carbocycles. The zero-order chi connectivity index (χ0) is 18.5. The molecule has 0 aliphatic carbocycles. The maximum Gasteiger partial charge on any atom is 0.238 e. The predicted octanol–water partition coefficient (Wildman–Crippen LogP) is 4.48. The van der Waals surface area contributed by atoms with E-state index in [2.05, 4.69) is 17.6 Å². The van der Waals surface area contributed by atoms with E-state index in [1.165, 1.54) is 0 Å². The number of rotatable bonds is 5. The summed E-state index contributed by atoms with van der Waals surface area (Å²) in [6.07, 6.45) is 1.71. The first-order valence-electron chi connectivity index (χ1n) is 8.73. The molecule has 7 heteroatoms. The van der Waals surface area contributed by atoms with E-state index in [0.717, 1.165) is 54.9 Å².